The monoisotopic (exact) mass is 349 g/mol. The number of pyridine rings is 1. The van der Waals surface area contributed by atoms with Crippen LogP contribution in [-0.2, 0) is 11.3 Å². The molecule has 0 unspecified atom stereocenters. The van der Waals surface area contributed by atoms with Gasteiger partial charge in [0.25, 0.3) is 11.5 Å². The summed E-state index contributed by atoms with van der Waals surface area (Å²) in [5.74, 6) is 0.448. The van der Waals surface area contributed by atoms with Gasteiger partial charge in [0.15, 0.2) is 11.5 Å². The third-order valence-electron chi connectivity index (χ3n) is 3.07. The normalized spacial score (nSPS) is 10.6. The summed E-state index contributed by atoms with van der Waals surface area (Å²) < 4.78 is 11.6. The van der Waals surface area contributed by atoms with Crippen LogP contribution in [0.3, 0.4) is 0 Å². The Bertz CT molecular complexity index is 817. The molecule has 1 aromatic heterocycles. The molecule has 1 heterocycles. The van der Waals surface area contributed by atoms with Crippen LogP contribution in [0.2, 0.25) is 5.02 Å². The number of nitrogens with one attached hydrogen (secondary N) is 1. The average molecular weight is 350 g/mol. The van der Waals surface area contributed by atoms with Crippen molar-refractivity contribution in [2.24, 2.45) is 5.10 Å². The Balaban J connectivity index is 2.04. The molecule has 1 aromatic carbocycles. The fraction of sp³-hybridized carbons (Fsp3) is 0.188. The van der Waals surface area contributed by atoms with Gasteiger partial charge in [-0.25, -0.2) is 5.43 Å². The first-order chi connectivity index (χ1) is 11.5. The SMILES string of the molecule is COc1cc(/C=N\NC(=O)Cn2ccccc2=O)cc(Cl)c1OC. The number of hydrogen-bond donors (Lipinski definition) is 1. The van der Waals surface area contributed by atoms with Gasteiger partial charge in [0.05, 0.1) is 25.5 Å². The lowest BCUT2D eigenvalue weighted by molar-refractivity contribution is -0.121. The number of amides is 1. The maximum atomic E-state index is 11.8. The van der Waals surface area contributed by atoms with E-state index in [0.29, 0.717) is 22.1 Å². The fourth-order valence-electron chi connectivity index (χ4n) is 1.97. The Morgan fingerprint density at radius 3 is 2.79 bits per heavy atom. The molecule has 1 amide bonds. The van der Waals surface area contributed by atoms with Crippen molar-refractivity contribution in [3.05, 3.63) is 57.5 Å². The summed E-state index contributed by atoms with van der Waals surface area (Å²) in [4.78, 5) is 23.3. The van der Waals surface area contributed by atoms with Gasteiger partial charge in [0.2, 0.25) is 0 Å². The molecule has 8 heteroatoms. The molecule has 0 spiro atoms. The van der Waals surface area contributed by atoms with Gasteiger partial charge in [0.1, 0.15) is 6.54 Å². The van der Waals surface area contributed by atoms with Crippen molar-refractivity contribution in [1.82, 2.24) is 9.99 Å². The lowest BCUT2D eigenvalue weighted by Gasteiger charge is -2.09. The predicted molar refractivity (Wildman–Crippen MR) is 91.0 cm³/mol. The Hall–Kier alpha value is -2.80. The lowest BCUT2D eigenvalue weighted by Crippen LogP contribution is -2.28. The van der Waals surface area contributed by atoms with Gasteiger partial charge in [-0.15, -0.1) is 0 Å². The molecule has 7 nitrogen and oxygen atoms in total. The molecule has 0 saturated heterocycles. The Labute approximate surface area is 143 Å². The van der Waals surface area contributed by atoms with Crippen LogP contribution in [0.5, 0.6) is 11.5 Å². The zero-order chi connectivity index (χ0) is 17.5. The molecule has 1 N–H and O–H groups in total. The van der Waals surface area contributed by atoms with E-state index < -0.39 is 5.91 Å². The van der Waals surface area contributed by atoms with Crippen molar-refractivity contribution in [3.8, 4) is 11.5 Å². The highest BCUT2D eigenvalue weighted by Gasteiger charge is 2.10. The zero-order valence-corrected chi connectivity index (χ0v) is 13.9. The van der Waals surface area contributed by atoms with Crippen molar-refractivity contribution in [2.45, 2.75) is 6.54 Å². The smallest absolute Gasteiger partial charge is 0.260 e. The minimum atomic E-state index is -0.425. The first kappa shape index (κ1) is 17.6. The van der Waals surface area contributed by atoms with Crippen molar-refractivity contribution >= 4 is 23.7 Å². The summed E-state index contributed by atoms with van der Waals surface area (Å²) in [7, 11) is 2.98. The highest BCUT2D eigenvalue weighted by atomic mass is 35.5. The molecule has 0 saturated carbocycles. The van der Waals surface area contributed by atoms with Gasteiger partial charge in [-0.05, 0) is 23.8 Å². The standard InChI is InChI=1S/C16H16ClN3O4/c1-23-13-8-11(7-12(17)16(13)24-2)9-18-19-14(21)10-20-6-4-3-5-15(20)22/h3-9H,10H2,1-2H3,(H,19,21)/b18-9-. The van der Waals surface area contributed by atoms with Crippen molar-refractivity contribution in [3.63, 3.8) is 0 Å². The maximum absolute atomic E-state index is 11.8. The number of hydrazone groups is 1. The zero-order valence-electron chi connectivity index (χ0n) is 13.2. The van der Waals surface area contributed by atoms with E-state index in [9.17, 15) is 9.59 Å². The Kier molecular flexibility index (Phi) is 5.97. The first-order valence-electron chi connectivity index (χ1n) is 6.94. The second-order valence-corrected chi connectivity index (χ2v) is 5.11. The van der Waals surface area contributed by atoms with Gasteiger partial charge < -0.3 is 14.0 Å². The Morgan fingerprint density at radius 2 is 2.12 bits per heavy atom. The number of carbonyl (C=O) groups excluding carboxylic acids is 1. The van der Waals surface area contributed by atoms with Gasteiger partial charge in [0, 0.05) is 12.3 Å². The van der Waals surface area contributed by atoms with Gasteiger partial charge in [-0.2, -0.15) is 5.10 Å². The summed E-state index contributed by atoms with van der Waals surface area (Å²) >= 11 is 6.09. The molecule has 0 atom stereocenters. The quantitative estimate of drug-likeness (QED) is 0.635. The second kappa shape index (κ2) is 8.16. The van der Waals surface area contributed by atoms with E-state index in [1.54, 1.807) is 24.3 Å². The summed E-state index contributed by atoms with van der Waals surface area (Å²) in [6.45, 7) is -0.121. The molecule has 0 aliphatic heterocycles. The molecular formula is C16H16ClN3O4. The number of halogens is 1. The fourth-order valence-corrected chi connectivity index (χ4v) is 2.27. The predicted octanol–water partition coefficient (Wildman–Crippen LogP) is 1.67. The summed E-state index contributed by atoms with van der Waals surface area (Å²) in [5.41, 5.74) is 2.71. The molecule has 2 rings (SSSR count). The summed E-state index contributed by atoms with van der Waals surface area (Å²) in [6.07, 6.45) is 2.94. The van der Waals surface area contributed by atoms with Gasteiger partial charge in [-0.1, -0.05) is 17.7 Å². The minimum absolute atomic E-state index is 0.121. The lowest BCUT2D eigenvalue weighted by atomic mass is 10.2. The number of rotatable bonds is 6. The van der Waals surface area contributed by atoms with E-state index in [1.165, 1.54) is 37.3 Å². The molecule has 0 bridgehead atoms. The molecule has 0 radical (unpaired) electrons. The number of nitrogens with zero attached hydrogens (tertiary/aromatic N) is 2. The highest BCUT2D eigenvalue weighted by molar-refractivity contribution is 6.32. The number of hydrogen-bond acceptors (Lipinski definition) is 5. The maximum Gasteiger partial charge on any atom is 0.260 e. The minimum Gasteiger partial charge on any atom is -0.493 e. The van der Waals surface area contributed by atoms with E-state index in [4.69, 9.17) is 21.1 Å². The van der Waals surface area contributed by atoms with Crippen LogP contribution in [0.1, 0.15) is 5.56 Å². The third-order valence-corrected chi connectivity index (χ3v) is 3.35. The van der Waals surface area contributed by atoms with E-state index in [2.05, 4.69) is 10.5 Å². The van der Waals surface area contributed by atoms with Crippen LogP contribution < -0.4 is 20.5 Å². The van der Waals surface area contributed by atoms with Crippen LogP contribution in [0.25, 0.3) is 0 Å². The summed E-state index contributed by atoms with van der Waals surface area (Å²) in [6, 6.07) is 7.95. The van der Waals surface area contributed by atoms with Crippen LogP contribution in [0, 0.1) is 0 Å². The number of ether oxygens (including phenoxy) is 2. The number of methoxy groups -OCH3 is 2. The van der Waals surface area contributed by atoms with Crippen LogP contribution in [-0.4, -0.2) is 30.9 Å². The number of aromatic nitrogens is 1. The van der Waals surface area contributed by atoms with Crippen molar-refractivity contribution in [1.29, 1.82) is 0 Å². The molecule has 0 fully saturated rings. The first-order valence-corrected chi connectivity index (χ1v) is 7.32. The molecule has 0 aliphatic carbocycles. The topological polar surface area (TPSA) is 81.9 Å². The number of benzene rings is 1. The van der Waals surface area contributed by atoms with Gasteiger partial charge >= 0.3 is 0 Å². The molecule has 24 heavy (non-hydrogen) atoms. The largest absolute Gasteiger partial charge is 0.493 e. The van der Waals surface area contributed by atoms with Crippen molar-refractivity contribution in [2.75, 3.05) is 14.2 Å². The second-order valence-electron chi connectivity index (χ2n) is 4.70. The molecule has 126 valence electrons. The third kappa shape index (κ3) is 4.36. The van der Waals surface area contributed by atoms with E-state index in [1.807, 2.05) is 0 Å². The van der Waals surface area contributed by atoms with Crippen LogP contribution in [0.4, 0.5) is 0 Å². The van der Waals surface area contributed by atoms with Gasteiger partial charge in [-0.3, -0.25) is 9.59 Å². The Morgan fingerprint density at radius 1 is 1.33 bits per heavy atom. The highest BCUT2D eigenvalue weighted by Crippen LogP contribution is 2.35. The molecular weight excluding hydrogens is 334 g/mol. The van der Waals surface area contributed by atoms with Crippen molar-refractivity contribution < 1.29 is 14.3 Å². The van der Waals surface area contributed by atoms with E-state index in [0.717, 1.165) is 0 Å². The average Bonchev–Trinajstić information content (AvgIpc) is 2.56. The summed E-state index contributed by atoms with van der Waals surface area (Å²) in [5, 5.41) is 4.21. The van der Waals surface area contributed by atoms with Crippen LogP contribution in [0.15, 0.2) is 46.4 Å². The van der Waals surface area contributed by atoms with E-state index >= 15 is 0 Å². The number of carbonyl (C=O) groups is 1. The molecule has 0 aliphatic rings. The van der Waals surface area contributed by atoms with E-state index in [-0.39, 0.29) is 12.1 Å². The molecule has 2 aromatic rings. The van der Waals surface area contributed by atoms with Crippen LogP contribution >= 0.6 is 11.6 Å².